The zero-order valence-electron chi connectivity index (χ0n) is 11.5. The molecule has 0 spiro atoms. The first kappa shape index (κ1) is 16.4. The molecule has 0 saturated carbocycles. The van der Waals surface area contributed by atoms with Crippen LogP contribution in [0.1, 0.15) is 28.5 Å². The summed E-state index contributed by atoms with van der Waals surface area (Å²) in [5, 5.41) is 10.9. The van der Waals surface area contributed by atoms with Crippen molar-refractivity contribution in [2.75, 3.05) is 6.61 Å². The Hall–Kier alpha value is -1.93. The Morgan fingerprint density at radius 1 is 1.41 bits per heavy atom. The molecule has 2 aromatic rings. The second-order valence-electron chi connectivity index (χ2n) is 4.28. The van der Waals surface area contributed by atoms with Crippen molar-refractivity contribution in [3.05, 3.63) is 40.4 Å². The van der Waals surface area contributed by atoms with Crippen LogP contribution >= 0.6 is 11.3 Å². The third-order valence-corrected chi connectivity index (χ3v) is 3.71. The summed E-state index contributed by atoms with van der Waals surface area (Å²) >= 11 is 1.13. The summed E-state index contributed by atoms with van der Waals surface area (Å²) in [5.41, 5.74) is -0.500. The number of carbonyl (C=O) groups is 1. The van der Waals surface area contributed by atoms with Gasteiger partial charge in [0.25, 0.3) is 0 Å². The first-order valence-corrected chi connectivity index (χ1v) is 7.18. The van der Waals surface area contributed by atoms with Gasteiger partial charge in [-0.15, -0.1) is 11.3 Å². The Morgan fingerprint density at radius 3 is 2.68 bits per heavy atom. The Balaban J connectivity index is 2.54. The average molecular weight is 331 g/mol. The molecule has 0 bridgehead atoms. The van der Waals surface area contributed by atoms with Gasteiger partial charge in [0.1, 0.15) is 5.01 Å². The molecule has 0 unspecified atom stereocenters. The van der Waals surface area contributed by atoms with Gasteiger partial charge in [0.15, 0.2) is 0 Å². The maximum absolute atomic E-state index is 12.8. The number of carbonyl (C=O) groups excluding carboxylic acids is 1. The fourth-order valence-corrected chi connectivity index (χ4v) is 2.64. The number of aliphatic hydroxyl groups excluding tert-OH is 1. The number of aromatic nitrogens is 1. The maximum Gasteiger partial charge on any atom is 0.416 e. The molecule has 1 aromatic heterocycles. The zero-order valence-corrected chi connectivity index (χ0v) is 12.3. The zero-order chi connectivity index (χ0) is 16.3. The molecule has 1 N–H and O–H groups in total. The summed E-state index contributed by atoms with van der Waals surface area (Å²) in [6, 6.07) is 2.83. The standard InChI is InChI=1S/C14H12F3NO3S/c1-2-21-13(20)11-5-8(14(15,16)17)3-4-10(11)12-18-9(6-19)7-22-12/h3-5,7,19H,2,6H2,1H3. The van der Waals surface area contributed by atoms with E-state index in [-0.39, 0.29) is 24.3 Å². The smallest absolute Gasteiger partial charge is 0.416 e. The highest BCUT2D eigenvalue weighted by Crippen LogP contribution is 2.34. The highest BCUT2D eigenvalue weighted by molar-refractivity contribution is 7.13. The topological polar surface area (TPSA) is 59.4 Å². The van der Waals surface area contributed by atoms with Crippen molar-refractivity contribution in [3.8, 4) is 10.6 Å². The second-order valence-corrected chi connectivity index (χ2v) is 5.14. The molecule has 22 heavy (non-hydrogen) atoms. The van der Waals surface area contributed by atoms with Crippen LogP contribution < -0.4 is 0 Å². The highest BCUT2D eigenvalue weighted by atomic mass is 32.1. The van der Waals surface area contributed by atoms with Gasteiger partial charge in [-0.1, -0.05) is 6.07 Å². The van der Waals surface area contributed by atoms with Crippen LogP contribution in [0.4, 0.5) is 13.2 Å². The molecular formula is C14H12F3NO3S. The van der Waals surface area contributed by atoms with E-state index in [0.29, 0.717) is 10.7 Å². The first-order valence-electron chi connectivity index (χ1n) is 6.30. The lowest BCUT2D eigenvalue weighted by molar-refractivity contribution is -0.137. The monoisotopic (exact) mass is 331 g/mol. The van der Waals surface area contributed by atoms with Crippen LogP contribution in [0.2, 0.25) is 0 Å². The van der Waals surface area contributed by atoms with E-state index in [1.165, 1.54) is 6.07 Å². The molecule has 0 aliphatic heterocycles. The van der Waals surface area contributed by atoms with E-state index in [1.807, 2.05) is 0 Å². The quantitative estimate of drug-likeness (QED) is 0.871. The van der Waals surface area contributed by atoms with E-state index < -0.39 is 17.7 Å². The van der Waals surface area contributed by atoms with Gasteiger partial charge < -0.3 is 9.84 Å². The Labute approximate surface area is 128 Å². The number of hydrogen-bond acceptors (Lipinski definition) is 5. The van der Waals surface area contributed by atoms with Crippen molar-refractivity contribution in [2.45, 2.75) is 19.7 Å². The van der Waals surface area contributed by atoms with E-state index in [9.17, 15) is 18.0 Å². The fraction of sp³-hybridized carbons (Fsp3) is 0.286. The van der Waals surface area contributed by atoms with Crippen molar-refractivity contribution in [3.63, 3.8) is 0 Å². The van der Waals surface area contributed by atoms with Gasteiger partial charge in [-0.05, 0) is 19.1 Å². The predicted octanol–water partition coefficient (Wildman–Crippen LogP) is 3.50. The number of ether oxygens (including phenoxy) is 1. The molecule has 0 saturated heterocycles. The minimum absolute atomic E-state index is 0.0499. The molecule has 1 aromatic carbocycles. The Morgan fingerprint density at radius 2 is 2.14 bits per heavy atom. The van der Waals surface area contributed by atoms with Crippen LogP contribution in [0.25, 0.3) is 10.6 Å². The second kappa shape index (κ2) is 6.45. The number of benzene rings is 1. The third-order valence-electron chi connectivity index (χ3n) is 2.79. The number of aliphatic hydroxyl groups is 1. The molecule has 0 aliphatic carbocycles. The Bertz CT molecular complexity index is 682. The summed E-state index contributed by atoms with van der Waals surface area (Å²) in [7, 11) is 0. The van der Waals surface area contributed by atoms with Gasteiger partial charge in [0, 0.05) is 10.9 Å². The van der Waals surface area contributed by atoms with Crippen molar-refractivity contribution in [2.24, 2.45) is 0 Å². The van der Waals surface area contributed by atoms with Crippen LogP contribution in [-0.4, -0.2) is 22.7 Å². The molecule has 118 valence electrons. The SMILES string of the molecule is CCOC(=O)c1cc(C(F)(F)F)ccc1-c1nc(CO)cs1. The molecule has 0 amide bonds. The van der Waals surface area contributed by atoms with Gasteiger partial charge in [-0.25, -0.2) is 9.78 Å². The molecule has 4 nitrogen and oxygen atoms in total. The number of nitrogens with zero attached hydrogens (tertiary/aromatic N) is 1. The third kappa shape index (κ3) is 3.45. The first-order chi connectivity index (χ1) is 10.4. The molecule has 0 aliphatic rings. The molecule has 8 heteroatoms. The fourth-order valence-electron chi connectivity index (χ4n) is 1.79. The van der Waals surface area contributed by atoms with Gasteiger partial charge in [0.05, 0.1) is 30.0 Å². The number of hydrogen-bond donors (Lipinski definition) is 1. The van der Waals surface area contributed by atoms with E-state index in [1.54, 1.807) is 12.3 Å². The van der Waals surface area contributed by atoms with Crippen LogP contribution in [0.15, 0.2) is 23.6 Å². The summed E-state index contributed by atoms with van der Waals surface area (Å²) in [6.45, 7) is 1.33. The van der Waals surface area contributed by atoms with E-state index in [4.69, 9.17) is 9.84 Å². The lowest BCUT2D eigenvalue weighted by Crippen LogP contribution is -2.11. The summed E-state index contributed by atoms with van der Waals surface area (Å²) in [5.74, 6) is -0.843. The number of alkyl halides is 3. The van der Waals surface area contributed by atoms with E-state index >= 15 is 0 Å². The van der Waals surface area contributed by atoms with Crippen molar-refractivity contribution in [1.29, 1.82) is 0 Å². The van der Waals surface area contributed by atoms with Gasteiger partial charge in [-0.2, -0.15) is 13.2 Å². The molecule has 0 fully saturated rings. The molecule has 2 rings (SSSR count). The maximum atomic E-state index is 12.8. The summed E-state index contributed by atoms with van der Waals surface area (Å²) in [4.78, 5) is 16.0. The lowest BCUT2D eigenvalue weighted by atomic mass is 10.0. The Kier molecular flexibility index (Phi) is 4.82. The predicted molar refractivity (Wildman–Crippen MR) is 74.4 cm³/mol. The minimum Gasteiger partial charge on any atom is -0.462 e. The van der Waals surface area contributed by atoms with Crippen LogP contribution in [-0.2, 0) is 17.5 Å². The number of halogens is 3. The number of esters is 1. The van der Waals surface area contributed by atoms with Crippen molar-refractivity contribution < 1.29 is 27.8 Å². The summed E-state index contributed by atoms with van der Waals surface area (Å²) < 4.78 is 43.2. The van der Waals surface area contributed by atoms with Gasteiger partial charge in [-0.3, -0.25) is 0 Å². The van der Waals surface area contributed by atoms with Crippen LogP contribution in [0.5, 0.6) is 0 Å². The normalized spacial score (nSPS) is 11.5. The largest absolute Gasteiger partial charge is 0.462 e. The summed E-state index contributed by atoms with van der Waals surface area (Å²) in [6.07, 6.45) is -4.56. The highest BCUT2D eigenvalue weighted by Gasteiger charge is 2.32. The van der Waals surface area contributed by atoms with Crippen molar-refractivity contribution in [1.82, 2.24) is 4.98 Å². The average Bonchev–Trinajstić information content (AvgIpc) is 2.94. The van der Waals surface area contributed by atoms with E-state index in [0.717, 1.165) is 23.5 Å². The van der Waals surface area contributed by atoms with Crippen LogP contribution in [0.3, 0.4) is 0 Å². The van der Waals surface area contributed by atoms with Crippen LogP contribution in [0, 0.1) is 0 Å². The number of rotatable bonds is 4. The minimum atomic E-state index is -4.56. The van der Waals surface area contributed by atoms with E-state index in [2.05, 4.69) is 4.98 Å². The van der Waals surface area contributed by atoms with Gasteiger partial charge >= 0.3 is 12.1 Å². The number of thiazole rings is 1. The van der Waals surface area contributed by atoms with Gasteiger partial charge in [0.2, 0.25) is 0 Å². The molecule has 0 radical (unpaired) electrons. The lowest BCUT2D eigenvalue weighted by Gasteiger charge is -2.11. The van der Waals surface area contributed by atoms with Crippen molar-refractivity contribution >= 4 is 17.3 Å². The molecule has 1 heterocycles. The molecular weight excluding hydrogens is 319 g/mol. The molecule has 0 atom stereocenters.